The molecule has 2 aliphatic rings. The second kappa shape index (κ2) is 8.05. The van der Waals surface area contributed by atoms with Crippen molar-refractivity contribution in [1.29, 1.82) is 0 Å². The first-order valence-corrected chi connectivity index (χ1v) is 9.64. The summed E-state index contributed by atoms with van der Waals surface area (Å²) >= 11 is 0. The van der Waals surface area contributed by atoms with Crippen molar-refractivity contribution in [3.63, 3.8) is 0 Å². The van der Waals surface area contributed by atoms with Gasteiger partial charge < -0.3 is 20.5 Å². The second-order valence-electron chi connectivity index (χ2n) is 7.42. The fourth-order valence-corrected chi connectivity index (χ4v) is 4.17. The standard InChI is InChI=1S/C22H22N2O5/c25-20(23-12-13-5-2-1-3-6-13)14-7-4-8-15(11-14)24-21(26)18-16-9-10-17(29-16)19(18)22(27)28/h1-8,11,16-19H,9-10,12H2,(H,23,25)(H,24,26)(H,27,28)/t16-,17-,18-,19-/m1/s1. The molecular weight excluding hydrogens is 372 g/mol. The Morgan fingerprint density at radius 2 is 1.69 bits per heavy atom. The first-order chi connectivity index (χ1) is 14.0. The van der Waals surface area contributed by atoms with Gasteiger partial charge in [-0.25, -0.2) is 0 Å². The highest BCUT2D eigenvalue weighted by Crippen LogP contribution is 2.44. The number of fused-ring (bicyclic) bond motifs is 2. The Morgan fingerprint density at radius 3 is 2.41 bits per heavy atom. The minimum Gasteiger partial charge on any atom is -0.481 e. The Morgan fingerprint density at radius 1 is 0.966 bits per heavy atom. The second-order valence-corrected chi connectivity index (χ2v) is 7.42. The third kappa shape index (κ3) is 4.00. The van der Waals surface area contributed by atoms with E-state index < -0.39 is 23.9 Å². The number of amides is 2. The number of anilines is 1. The average Bonchev–Trinajstić information content (AvgIpc) is 3.34. The summed E-state index contributed by atoms with van der Waals surface area (Å²) < 4.78 is 5.65. The van der Waals surface area contributed by atoms with Crippen molar-refractivity contribution in [3.8, 4) is 0 Å². The molecule has 4 rings (SSSR count). The number of ether oxygens (including phenoxy) is 1. The quantitative estimate of drug-likeness (QED) is 0.698. The van der Waals surface area contributed by atoms with Crippen LogP contribution < -0.4 is 10.6 Å². The zero-order valence-corrected chi connectivity index (χ0v) is 15.7. The Labute approximate surface area is 168 Å². The minimum absolute atomic E-state index is 0.253. The van der Waals surface area contributed by atoms with Crippen molar-refractivity contribution in [1.82, 2.24) is 5.32 Å². The maximum absolute atomic E-state index is 12.8. The zero-order valence-electron chi connectivity index (χ0n) is 15.7. The molecule has 0 radical (unpaired) electrons. The minimum atomic E-state index is -1.01. The lowest BCUT2D eigenvalue weighted by Crippen LogP contribution is -2.41. The highest BCUT2D eigenvalue weighted by atomic mass is 16.5. The number of rotatable bonds is 6. The number of benzene rings is 2. The highest BCUT2D eigenvalue weighted by molar-refractivity contribution is 5.99. The van der Waals surface area contributed by atoms with E-state index in [1.165, 1.54) is 0 Å². The van der Waals surface area contributed by atoms with Crippen molar-refractivity contribution in [3.05, 3.63) is 65.7 Å². The monoisotopic (exact) mass is 394 g/mol. The van der Waals surface area contributed by atoms with Gasteiger partial charge in [-0.3, -0.25) is 14.4 Å². The smallest absolute Gasteiger partial charge is 0.310 e. The topological polar surface area (TPSA) is 105 Å². The number of carboxylic acids is 1. The summed E-state index contributed by atoms with van der Waals surface area (Å²) in [5, 5.41) is 15.1. The van der Waals surface area contributed by atoms with Crippen molar-refractivity contribution in [2.45, 2.75) is 31.6 Å². The molecule has 2 fully saturated rings. The van der Waals surface area contributed by atoms with Gasteiger partial charge in [0.05, 0.1) is 24.0 Å². The fraction of sp³-hybridized carbons (Fsp3) is 0.318. The third-order valence-electron chi connectivity index (χ3n) is 5.55. The molecule has 2 aromatic rings. The number of aliphatic carboxylic acids is 1. The Hall–Kier alpha value is -3.19. The van der Waals surface area contributed by atoms with E-state index >= 15 is 0 Å². The van der Waals surface area contributed by atoms with Gasteiger partial charge in [-0.1, -0.05) is 36.4 Å². The molecule has 0 unspecified atom stereocenters. The largest absolute Gasteiger partial charge is 0.481 e. The lowest BCUT2D eigenvalue weighted by atomic mass is 9.78. The molecule has 4 atom stereocenters. The Bertz CT molecular complexity index is 930. The van der Waals surface area contributed by atoms with E-state index in [1.54, 1.807) is 24.3 Å². The molecule has 0 aliphatic carbocycles. The van der Waals surface area contributed by atoms with E-state index in [4.69, 9.17) is 4.74 Å². The summed E-state index contributed by atoms with van der Waals surface area (Å²) in [5.41, 5.74) is 1.85. The fourth-order valence-electron chi connectivity index (χ4n) is 4.17. The summed E-state index contributed by atoms with van der Waals surface area (Å²) in [6.07, 6.45) is 0.596. The van der Waals surface area contributed by atoms with Gasteiger partial charge >= 0.3 is 5.97 Å². The van der Waals surface area contributed by atoms with Gasteiger partial charge in [0.15, 0.2) is 0 Å². The molecule has 2 aromatic carbocycles. The summed E-state index contributed by atoms with van der Waals surface area (Å²) in [5.74, 6) is -3.19. The van der Waals surface area contributed by atoms with Gasteiger partial charge in [-0.05, 0) is 36.6 Å². The van der Waals surface area contributed by atoms with Gasteiger partial charge in [-0.2, -0.15) is 0 Å². The Balaban J connectivity index is 1.41. The highest BCUT2D eigenvalue weighted by Gasteiger charge is 2.55. The average molecular weight is 394 g/mol. The van der Waals surface area contributed by atoms with E-state index in [2.05, 4.69) is 10.6 Å². The van der Waals surface area contributed by atoms with Gasteiger partial charge in [0.25, 0.3) is 5.91 Å². The van der Waals surface area contributed by atoms with Gasteiger partial charge in [0, 0.05) is 17.8 Å². The van der Waals surface area contributed by atoms with E-state index in [-0.39, 0.29) is 17.9 Å². The SMILES string of the molecule is O=C(NCc1ccccc1)c1cccc(NC(=O)[C@H]2[C@H](C(=O)O)[C@H]3CC[C@H]2O3)c1. The van der Waals surface area contributed by atoms with Crippen LogP contribution in [0, 0.1) is 11.8 Å². The normalized spacial score (nSPS) is 24.8. The van der Waals surface area contributed by atoms with Gasteiger partial charge in [0.2, 0.25) is 5.91 Å². The van der Waals surface area contributed by atoms with Crippen molar-refractivity contribution >= 4 is 23.5 Å². The lowest BCUT2D eigenvalue weighted by molar-refractivity contribution is -0.147. The summed E-state index contributed by atoms with van der Waals surface area (Å²) in [6, 6.07) is 16.2. The molecule has 2 aliphatic heterocycles. The van der Waals surface area contributed by atoms with Crippen LogP contribution >= 0.6 is 0 Å². The molecule has 0 saturated carbocycles. The number of hydrogen-bond donors (Lipinski definition) is 3. The van der Waals surface area contributed by atoms with E-state index in [0.717, 1.165) is 5.56 Å². The van der Waals surface area contributed by atoms with Gasteiger partial charge in [0.1, 0.15) is 0 Å². The molecule has 2 amide bonds. The number of carbonyl (C=O) groups is 3. The lowest BCUT2D eigenvalue weighted by Gasteiger charge is -2.23. The molecule has 29 heavy (non-hydrogen) atoms. The van der Waals surface area contributed by atoms with Crippen LogP contribution in [0.2, 0.25) is 0 Å². The van der Waals surface area contributed by atoms with E-state index in [9.17, 15) is 19.5 Å². The van der Waals surface area contributed by atoms with Crippen molar-refractivity contribution < 1.29 is 24.2 Å². The Kier molecular flexibility index (Phi) is 5.31. The number of carboxylic acid groups (broad SMARTS) is 1. The first-order valence-electron chi connectivity index (χ1n) is 9.64. The van der Waals surface area contributed by atoms with Crippen LogP contribution in [0.1, 0.15) is 28.8 Å². The van der Waals surface area contributed by atoms with Crippen LogP contribution in [0.15, 0.2) is 54.6 Å². The van der Waals surface area contributed by atoms with Crippen LogP contribution in [0.3, 0.4) is 0 Å². The number of nitrogens with one attached hydrogen (secondary N) is 2. The summed E-state index contributed by atoms with van der Waals surface area (Å²) in [6.45, 7) is 0.402. The molecule has 0 spiro atoms. The predicted molar refractivity (Wildman–Crippen MR) is 105 cm³/mol. The maximum atomic E-state index is 12.8. The van der Waals surface area contributed by atoms with Crippen LogP contribution in [0.25, 0.3) is 0 Å². The molecule has 7 nitrogen and oxygen atoms in total. The van der Waals surface area contributed by atoms with Crippen LogP contribution in [0.4, 0.5) is 5.69 Å². The van der Waals surface area contributed by atoms with Crippen LogP contribution in [0.5, 0.6) is 0 Å². The molecule has 3 N–H and O–H groups in total. The van der Waals surface area contributed by atoms with Crippen LogP contribution in [-0.2, 0) is 20.9 Å². The van der Waals surface area contributed by atoms with E-state index in [1.807, 2.05) is 30.3 Å². The zero-order chi connectivity index (χ0) is 20.4. The molecule has 7 heteroatoms. The third-order valence-corrected chi connectivity index (χ3v) is 5.55. The van der Waals surface area contributed by atoms with E-state index in [0.29, 0.717) is 30.6 Å². The number of hydrogen-bond acceptors (Lipinski definition) is 4. The molecule has 0 aromatic heterocycles. The first kappa shape index (κ1) is 19.1. The van der Waals surface area contributed by atoms with Crippen molar-refractivity contribution in [2.75, 3.05) is 5.32 Å². The van der Waals surface area contributed by atoms with Crippen molar-refractivity contribution in [2.24, 2.45) is 11.8 Å². The number of carbonyl (C=O) groups excluding carboxylic acids is 2. The molecular formula is C22H22N2O5. The molecule has 2 heterocycles. The predicted octanol–water partition coefficient (Wildman–Crippen LogP) is 2.43. The van der Waals surface area contributed by atoms with Gasteiger partial charge in [-0.15, -0.1) is 0 Å². The molecule has 2 saturated heterocycles. The molecule has 2 bridgehead atoms. The summed E-state index contributed by atoms with van der Waals surface area (Å²) in [4.78, 5) is 36.8. The maximum Gasteiger partial charge on any atom is 0.310 e. The molecule has 150 valence electrons. The van der Waals surface area contributed by atoms with Crippen LogP contribution in [-0.4, -0.2) is 35.1 Å². The summed E-state index contributed by atoms with van der Waals surface area (Å²) in [7, 11) is 0.